The van der Waals surface area contributed by atoms with Crippen molar-refractivity contribution >= 4 is 22.9 Å². The summed E-state index contributed by atoms with van der Waals surface area (Å²) in [6.07, 6.45) is 1.35. The van der Waals surface area contributed by atoms with Gasteiger partial charge in [0.1, 0.15) is 11.6 Å². The zero-order valence-electron chi connectivity index (χ0n) is 12.0. The third-order valence-electron chi connectivity index (χ3n) is 3.39. The highest BCUT2D eigenvalue weighted by molar-refractivity contribution is 5.98. The molecule has 2 N–H and O–H groups in total. The lowest BCUT2D eigenvalue weighted by Gasteiger charge is -2.04. The number of fused-ring (bicyclic) bond motifs is 1. The number of rotatable bonds is 3. The second kappa shape index (κ2) is 6.27. The molecule has 1 amide bonds. The van der Waals surface area contributed by atoms with E-state index in [9.17, 15) is 14.3 Å². The summed E-state index contributed by atoms with van der Waals surface area (Å²) < 4.78 is 13.1. The SMILES string of the molecule is O=C(N/N=C/c1ccc2ccccc2c1O)c1cccc(F)c1. The van der Waals surface area contributed by atoms with Crippen molar-refractivity contribution in [2.75, 3.05) is 0 Å². The van der Waals surface area contributed by atoms with Crippen LogP contribution in [0, 0.1) is 5.82 Å². The Balaban J connectivity index is 1.78. The summed E-state index contributed by atoms with van der Waals surface area (Å²) in [7, 11) is 0. The number of hydrazone groups is 1. The summed E-state index contributed by atoms with van der Waals surface area (Å²) in [5.74, 6) is -0.929. The van der Waals surface area contributed by atoms with Crippen molar-refractivity contribution in [1.82, 2.24) is 5.43 Å². The van der Waals surface area contributed by atoms with Gasteiger partial charge >= 0.3 is 0 Å². The number of aromatic hydroxyl groups is 1. The zero-order chi connectivity index (χ0) is 16.2. The molecule has 3 rings (SSSR count). The lowest BCUT2D eigenvalue weighted by molar-refractivity contribution is 0.0954. The first kappa shape index (κ1) is 14.7. The van der Waals surface area contributed by atoms with Gasteiger partial charge in [0.25, 0.3) is 5.91 Å². The van der Waals surface area contributed by atoms with Gasteiger partial charge < -0.3 is 5.11 Å². The molecular formula is C18H13FN2O2. The predicted molar refractivity (Wildman–Crippen MR) is 87.1 cm³/mol. The number of nitrogens with one attached hydrogen (secondary N) is 1. The molecule has 0 aliphatic heterocycles. The van der Waals surface area contributed by atoms with Crippen LogP contribution in [0.5, 0.6) is 5.75 Å². The van der Waals surface area contributed by atoms with E-state index >= 15 is 0 Å². The molecule has 0 bridgehead atoms. The van der Waals surface area contributed by atoms with Crippen molar-refractivity contribution in [3.63, 3.8) is 0 Å². The maximum atomic E-state index is 13.1. The summed E-state index contributed by atoms with van der Waals surface area (Å²) in [5.41, 5.74) is 2.95. The third-order valence-corrected chi connectivity index (χ3v) is 3.39. The fourth-order valence-corrected chi connectivity index (χ4v) is 2.23. The van der Waals surface area contributed by atoms with Gasteiger partial charge in [-0.3, -0.25) is 4.79 Å². The van der Waals surface area contributed by atoms with Gasteiger partial charge in [0.2, 0.25) is 0 Å². The highest BCUT2D eigenvalue weighted by atomic mass is 19.1. The van der Waals surface area contributed by atoms with Crippen LogP contribution in [0.4, 0.5) is 4.39 Å². The van der Waals surface area contributed by atoms with Crippen LogP contribution < -0.4 is 5.43 Å². The number of hydrogen-bond acceptors (Lipinski definition) is 3. The minimum Gasteiger partial charge on any atom is -0.507 e. The number of carbonyl (C=O) groups is 1. The standard InChI is InChI=1S/C18H13FN2O2/c19-15-6-3-5-13(10-15)18(23)21-20-11-14-9-8-12-4-1-2-7-16(12)17(14)22/h1-11,22H,(H,21,23)/b20-11+. The zero-order valence-corrected chi connectivity index (χ0v) is 12.0. The highest BCUT2D eigenvalue weighted by Crippen LogP contribution is 2.27. The molecule has 0 saturated carbocycles. The van der Waals surface area contributed by atoms with E-state index in [4.69, 9.17) is 0 Å². The molecule has 4 nitrogen and oxygen atoms in total. The first-order valence-electron chi connectivity index (χ1n) is 6.95. The van der Waals surface area contributed by atoms with Gasteiger partial charge in [-0.05, 0) is 29.7 Å². The van der Waals surface area contributed by atoms with Crippen LogP contribution in [0.25, 0.3) is 10.8 Å². The molecule has 114 valence electrons. The summed E-state index contributed by atoms with van der Waals surface area (Å²) in [5, 5.41) is 15.6. The van der Waals surface area contributed by atoms with Gasteiger partial charge in [0.15, 0.2) is 0 Å². The maximum absolute atomic E-state index is 13.1. The van der Waals surface area contributed by atoms with E-state index < -0.39 is 11.7 Å². The quantitative estimate of drug-likeness (QED) is 0.575. The molecule has 3 aromatic carbocycles. The number of carbonyl (C=O) groups excluding carboxylic acids is 1. The molecule has 5 heteroatoms. The lowest BCUT2D eigenvalue weighted by Crippen LogP contribution is -2.17. The van der Waals surface area contributed by atoms with E-state index in [2.05, 4.69) is 10.5 Å². The number of benzene rings is 3. The van der Waals surface area contributed by atoms with Gasteiger partial charge in [0, 0.05) is 16.5 Å². The third kappa shape index (κ3) is 3.18. The summed E-state index contributed by atoms with van der Waals surface area (Å²) in [6, 6.07) is 16.3. The largest absolute Gasteiger partial charge is 0.507 e. The molecule has 0 aliphatic carbocycles. The Labute approximate surface area is 131 Å². The fourth-order valence-electron chi connectivity index (χ4n) is 2.23. The molecule has 3 aromatic rings. The van der Waals surface area contributed by atoms with Gasteiger partial charge in [0.05, 0.1) is 6.21 Å². The normalized spacial score (nSPS) is 11.0. The number of halogens is 1. The monoisotopic (exact) mass is 308 g/mol. The van der Waals surface area contributed by atoms with Crippen LogP contribution in [0.2, 0.25) is 0 Å². The Morgan fingerprint density at radius 1 is 1.09 bits per heavy atom. The van der Waals surface area contributed by atoms with Crippen molar-refractivity contribution in [3.8, 4) is 5.75 Å². The lowest BCUT2D eigenvalue weighted by atomic mass is 10.1. The number of phenols is 1. The molecule has 0 fully saturated rings. The molecule has 0 atom stereocenters. The molecule has 0 aliphatic rings. The van der Waals surface area contributed by atoms with E-state index in [0.29, 0.717) is 10.9 Å². The molecule has 0 aromatic heterocycles. The number of hydrogen-bond donors (Lipinski definition) is 2. The van der Waals surface area contributed by atoms with E-state index in [1.807, 2.05) is 24.3 Å². The Morgan fingerprint density at radius 3 is 2.74 bits per heavy atom. The number of phenolic OH excluding ortho intramolecular Hbond substituents is 1. The predicted octanol–water partition coefficient (Wildman–Crippen LogP) is 3.45. The van der Waals surface area contributed by atoms with Crippen molar-refractivity contribution in [3.05, 3.63) is 77.6 Å². The first-order valence-corrected chi connectivity index (χ1v) is 6.95. The van der Waals surface area contributed by atoms with Gasteiger partial charge in [-0.2, -0.15) is 5.10 Å². The van der Waals surface area contributed by atoms with Crippen molar-refractivity contribution < 1.29 is 14.3 Å². The average Bonchev–Trinajstić information content (AvgIpc) is 2.57. The average molecular weight is 308 g/mol. The Bertz CT molecular complexity index is 906. The molecule has 0 radical (unpaired) electrons. The number of nitrogens with zero attached hydrogens (tertiary/aromatic N) is 1. The smallest absolute Gasteiger partial charge is 0.271 e. The summed E-state index contributed by atoms with van der Waals surface area (Å²) >= 11 is 0. The topological polar surface area (TPSA) is 61.7 Å². The number of amides is 1. The molecule has 23 heavy (non-hydrogen) atoms. The van der Waals surface area contributed by atoms with Crippen LogP contribution in [-0.2, 0) is 0 Å². The van der Waals surface area contributed by atoms with Gasteiger partial charge in [-0.15, -0.1) is 0 Å². The summed E-state index contributed by atoms with van der Waals surface area (Å²) in [6.45, 7) is 0. The van der Waals surface area contributed by atoms with Crippen LogP contribution in [-0.4, -0.2) is 17.2 Å². The van der Waals surface area contributed by atoms with Crippen LogP contribution >= 0.6 is 0 Å². The molecule has 0 unspecified atom stereocenters. The van der Waals surface area contributed by atoms with Crippen LogP contribution in [0.3, 0.4) is 0 Å². The molecule has 0 heterocycles. The minimum atomic E-state index is -0.527. The maximum Gasteiger partial charge on any atom is 0.271 e. The van der Waals surface area contributed by atoms with Crippen molar-refractivity contribution in [2.24, 2.45) is 5.10 Å². The first-order chi connectivity index (χ1) is 11.1. The van der Waals surface area contributed by atoms with E-state index in [1.165, 1.54) is 24.4 Å². The minimum absolute atomic E-state index is 0.0897. The molecule has 0 saturated heterocycles. The van der Waals surface area contributed by atoms with Crippen molar-refractivity contribution in [1.29, 1.82) is 0 Å². The fraction of sp³-hybridized carbons (Fsp3) is 0. The van der Waals surface area contributed by atoms with E-state index in [0.717, 1.165) is 11.5 Å². The van der Waals surface area contributed by atoms with Crippen LogP contribution in [0.15, 0.2) is 65.8 Å². The van der Waals surface area contributed by atoms with Crippen LogP contribution in [0.1, 0.15) is 15.9 Å². The second-order valence-corrected chi connectivity index (χ2v) is 4.93. The summed E-state index contributed by atoms with van der Waals surface area (Å²) in [4.78, 5) is 11.8. The molecule has 0 spiro atoms. The van der Waals surface area contributed by atoms with Crippen molar-refractivity contribution in [2.45, 2.75) is 0 Å². The van der Waals surface area contributed by atoms with E-state index in [1.54, 1.807) is 12.1 Å². The Kier molecular flexibility index (Phi) is 4.01. The van der Waals surface area contributed by atoms with E-state index in [-0.39, 0.29) is 11.3 Å². The highest BCUT2D eigenvalue weighted by Gasteiger charge is 2.06. The van der Waals surface area contributed by atoms with Gasteiger partial charge in [-0.1, -0.05) is 36.4 Å². The Hall–Kier alpha value is -3.21. The molecular weight excluding hydrogens is 295 g/mol. The Morgan fingerprint density at radius 2 is 1.91 bits per heavy atom. The van der Waals surface area contributed by atoms with Gasteiger partial charge in [-0.25, -0.2) is 9.82 Å². The second-order valence-electron chi connectivity index (χ2n) is 4.93.